The highest BCUT2D eigenvalue weighted by Gasteiger charge is 2.09. The van der Waals surface area contributed by atoms with Crippen molar-refractivity contribution in [2.24, 2.45) is 0 Å². The van der Waals surface area contributed by atoms with Crippen LogP contribution in [0.3, 0.4) is 0 Å². The van der Waals surface area contributed by atoms with Crippen LogP contribution < -0.4 is 10.1 Å². The second-order valence-electron chi connectivity index (χ2n) is 5.67. The molecule has 2 aromatic rings. The number of amides is 2. The van der Waals surface area contributed by atoms with E-state index in [9.17, 15) is 19.7 Å². The van der Waals surface area contributed by atoms with E-state index in [1.165, 1.54) is 25.1 Å². The Balaban J connectivity index is 1.92. The van der Waals surface area contributed by atoms with Gasteiger partial charge in [-0.05, 0) is 23.8 Å². The number of hydrogen-bond donors (Lipinski definition) is 1. The van der Waals surface area contributed by atoms with E-state index in [4.69, 9.17) is 4.74 Å². The van der Waals surface area contributed by atoms with Crippen molar-refractivity contribution >= 4 is 23.2 Å². The zero-order chi connectivity index (χ0) is 19.1. The largest absolute Gasteiger partial charge is 0.484 e. The molecule has 0 saturated heterocycles. The Labute approximate surface area is 150 Å². The van der Waals surface area contributed by atoms with Crippen molar-refractivity contribution in [1.29, 1.82) is 0 Å². The standard InChI is InChI=1S/C18H19N3O5/c1-13(22)20(2)11-14-5-3-6-15(9-14)19-18(23)12-26-17-8-4-7-16(10-17)21(24)25/h3-10H,11-12H2,1-2H3,(H,19,23). The van der Waals surface area contributed by atoms with Crippen molar-refractivity contribution in [3.8, 4) is 5.75 Å². The average molecular weight is 357 g/mol. The number of nitrogens with zero attached hydrogens (tertiary/aromatic N) is 2. The van der Waals surface area contributed by atoms with E-state index in [0.29, 0.717) is 12.2 Å². The molecule has 0 spiro atoms. The number of carbonyl (C=O) groups is 2. The van der Waals surface area contributed by atoms with E-state index in [0.717, 1.165) is 5.56 Å². The average Bonchev–Trinajstić information content (AvgIpc) is 2.60. The summed E-state index contributed by atoms with van der Waals surface area (Å²) in [6, 6.07) is 12.8. The molecule has 1 N–H and O–H groups in total. The van der Waals surface area contributed by atoms with E-state index in [1.807, 2.05) is 6.07 Å². The molecule has 0 unspecified atom stereocenters. The first-order chi connectivity index (χ1) is 12.3. The molecular formula is C18H19N3O5. The van der Waals surface area contributed by atoms with Gasteiger partial charge in [0.05, 0.1) is 11.0 Å². The van der Waals surface area contributed by atoms with Crippen LogP contribution in [0.4, 0.5) is 11.4 Å². The lowest BCUT2D eigenvalue weighted by Gasteiger charge is -2.15. The summed E-state index contributed by atoms with van der Waals surface area (Å²) in [6.07, 6.45) is 0. The molecule has 2 amide bonds. The van der Waals surface area contributed by atoms with Gasteiger partial charge in [0.25, 0.3) is 11.6 Å². The summed E-state index contributed by atoms with van der Waals surface area (Å²) in [5.74, 6) is -0.204. The highest BCUT2D eigenvalue weighted by molar-refractivity contribution is 5.92. The van der Waals surface area contributed by atoms with Crippen molar-refractivity contribution in [3.63, 3.8) is 0 Å². The second kappa shape index (κ2) is 8.61. The molecule has 0 fully saturated rings. The van der Waals surface area contributed by atoms with Gasteiger partial charge in [-0.1, -0.05) is 18.2 Å². The van der Waals surface area contributed by atoms with Crippen LogP contribution in [0.15, 0.2) is 48.5 Å². The van der Waals surface area contributed by atoms with Crippen LogP contribution in [0.2, 0.25) is 0 Å². The monoisotopic (exact) mass is 357 g/mol. The molecule has 0 radical (unpaired) electrons. The smallest absolute Gasteiger partial charge is 0.273 e. The van der Waals surface area contributed by atoms with Gasteiger partial charge in [0.2, 0.25) is 5.91 Å². The molecule has 2 rings (SSSR count). The van der Waals surface area contributed by atoms with E-state index >= 15 is 0 Å². The molecule has 0 saturated carbocycles. The number of non-ortho nitro benzene ring substituents is 1. The minimum absolute atomic E-state index is 0.0511. The Hall–Kier alpha value is -3.42. The highest BCUT2D eigenvalue weighted by Crippen LogP contribution is 2.19. The first-order valence-electron chi connectivity index (χ1n) is 7.83. The first kappa shape index (κ1) is 18.9. The molecule has 0 aromatic heterocycles. The Bertz CT molecular complexity index is 822. The third kappa shape index (κ3) is 5.59. The van der Waals surface area contributed by atoms with Gasteiger partial charge in [0.1, 0.15) is 5.75 Å². The van der Waals surface area contributed by atoms with Crippen molar-refractivity contribution < 1.29 is 19.2 Å². The van der Waals surface area contributed by atoms with Crippen LogP contribution in [-0.4, -0.2) is 35.3 Å². The number of anilines is 1. The molecule has 26 heavy (non-hydrogen) atoms. The van der Waals surface area contributed by atoms with Gasteiger partial charge in [-0.25, -0.2) is 0 Å². The number of ether oxygens (including phenoxy) is 1. The zero-order valence-corrected chi connectivity index (χ0v) is 14.5. The van der Waals surface area contributed by atoms with Crippen LogP contribution in [0.1, 0.15) is 12.5 Å². The number of nitro groups is 1. The maximum Gasteiger partial charge on any atom is 0.273 e. The van der Waals surface area contributed by atoms with E-state index in [1.54, 1.807) is 36.2 Å². The minimum atomic E-state index is -0.531. The lowest BCUT2D eigenvalue weighted by Crippen LogP contribution is -2.23. The number of nitrogens with one attached hydrogen (secondary N) is 1. The third-order valence-corrected chi connectivity index (χ3v) is 3.57. The summed E-state index contributed by atoms with van der Waals surface area (Å²) in [5.41, 5.74) is 1.34. The minimum Gasteiger partial charge on any atom is -0.484 e. The van der Waals surface area contributed by atoms with Crippen molar-refractivity contribution in [3.05, 3.63) is 64.2 Å². The molecular weight excluding hydrogens is 338 g/mol. The fourth-order valence-electron chi connectivity index (χ4n) is 2.17. The van der Waals surface area contributed by atoms with Crippen LogP contribution in [0.5, 0.6) is 5.75 Å². The quantitative estimate of drug-likeness (QED) is 0.606. The van der Waals surface area contributed by atoms with Crippen LogP contribution in [0, 0.1) is 10.1 Å². The summed E-state index contributed by atoms with van der Waals surface area (Å²) >= 11 is 0. The van der Waals surface area contributed by atoms with Gasteiger partial charge in [0, 0.05) is 32.3 Å². The van der Waals surface area contributed by atoms with Crippen molar-refractivity contribution in [2.45, 2.75) is 13.5 Å². The van der Waals surface area contributed by atoms with Gasteiger partial charge in [-0.3, -0.25) is 19.7 Å². The Kier molecular flexibility index (Phi) is 6.26. The van der Waals surface area contributed by atoms with E-state index in [-0.39, 0.29) is 24.0 Å². The lowest BCUT2D eigenvalue weighted by molar-refractivity contribution is -0.384. The van der Waals surface area contributed by atoms with Gasteiger partial charge in [-0.2, -0.15) is 0 Å². The molecule has 0 bridgehead atoms. The Morgan fingerprint density at radius 3 is 2.62 bits per heavy atom. The lowest BCUT2D eigenvalue weighted by atomic mass is 10.2. The Morgan fingerprint density at radius 2 is 1.92 bits per heavy atom. The Morgan fingerprint density at radius 1 is 1.19 bits per heavy atom. The predicted octanol–water partition coefficient (Wildman–Crippen LogP) is 2.59. The predicted molar refractivity (Wildman–Crippen MR) is 95.8 cm³/mol. The van der Waals surface area contributed by atoms with Gasteiger partial charge in [-0.15, -0.1) is 0 Å². The van der Waals surface area contributed by atoms with Crippen LogP contribution in [-0.2, 0) is 16.1 Å². The van der Waals surface area contributed by atoms with Gasteiger partial charge < -0.3 is 15.0 Å². The van der Waals surface area contributed by atoms with Gasteiger partial charge in [0.15, 0.2) is 6.61 Å². The fourth-order valence-corrected chi connectivity index (χ4v) is 2.17. The molecule has 2 aromatic carbocycles. The molecule has 0 aliphatic rings. The molecule has 136 valence electrons. The maximum absolute atomic E-state index is 12.0. The molecule has 0 aliphatic heterocycles. The summed E-state index contributed by atoms with van der Waals surface area (Å²) in [6.45, 7) is 1.64. The first-order valence-corrected chi connectivity index (χ1v) is 7.83. The van der Waals surface area contributed by atoms with Crippen LogP contribution >= 0.6 is 0 Å². The molecule has 0 heterocycles. The van der Waals surface area contributed by atoms with Crippen molar-refractivity contribution in [2.75, 3.05) is 19.0 Å². The molecule has 0 aliphatic carbocycles. The number of hydrogen-bond acceptors (Lipinski definition) is 5. The zero-order valence-electron chi connectivity index (χ0n) is 14.5. The SMILES string of the molecule is CC(=O)N(C)Cc1cccc(NC(=O)COc2cccc([N+](=O)[O-])c2)c1. The highest BCUT2D eigenvalue weighted by atomic mass is 16.6. The summed E-state index contributed by atoms with van der Waals surface area (Å²) in [7, 11) is 1.69. The second-order valence-corrected chi connectivity index (χ2v) is 5.67. The molecule has 8 heteroatoms. The molecule has 0 atom stereocenters. The normalized spacial score (nSPS) is 10.1. The summed E-state index contributed by atoms with van der Waals surface area (Å²) < 4.78 is 5.29. The topological polar surface area (TPSA) is 102 Å². The summed E-state index contributed by atoms with van der Waals surface area (Å²) in [5, 5.41) is 13.4. The fraction of sp³-hybridized carbons (Fsp3) is 0.222. The van der Waals surface area contributed by atoms with E-state index < -0.39 is 10.8 Å². The van der Waals surface area contributed by atoms with Crippen LogP contribution in [0.25, 0.3) is 0 Å². The number of nitro benzene ring substituents is 1. The van der Waals surface area contributed by atoms with E-state index in [2.05, 4.69) is 5.32 Å². The van der Waals surface area contributed by atoms with Crippen molar-refractivity contribution in [1.82, 2.24) is 4.90 Å². The third-order valence-electron chi connectivity index (χ3n) is 3.57. The maximum atomic E-state index is 12.0. The molecule has 8 nitrogen and oxygen atoms in total. The number of benzene rings is 2. The summed E-state index contributed by atoms with van der Waals surface area (Å²) in [4.78, 5) is 35.1. The number of carbonyl (C=O) groups excluding carboxylic acids is 2. The number of rotatable bonds is 7. The van der Waals surface area contributed by atoms with Gasteiger partial charge >= 0.3 is 0 Å².